The predicted octanol–water partition coefficient (Wildman–Crippen LogP) is 10.8. The fourth-order valence-corrected chi connectivity index (χ4v) is 8.11. The van der Waals surface area contributed by atoms with Crippen LogP contribution in [0.5, 0.6) is 0 Å². The summed E-state index contributed by atoms with van der Waals surface area (Å²) in [6.07, 6.45) is 11.1. The summed E-state index contributed by atoms with van der Waals surface area (Å²) in [7, 11) is 0. The van der Waals surface area contributed by atoms with Gasteiger partial charge in [0.15, 0.2) is 0 Å². The quantitative estimate of drug-likeness (QED) is 0.0949. The van der Waals surface area contributed by atoms with E-state index < -0.39 is 11.9 Å². The third-order valence-electron chi connectivity index (χ3n) is 11.3. The van der Waals surface area contributed by atoms with Gasteiger partial charge >= 0.3 is 11.9 Å². The second-order valence-electron chi connectivity index (χ2n) is 15.9. The molecule has 2 aliphatic carbocycles. The molecular weight excluding hydrogens is 789 g/mol. The van der Waals surface area contributed by atoms with Crippen LogP contribution < -0.4 is 0 Å². The Balaban J connectivity index is 0.000000186. The standard InChI is InChI=1S/2C25H27NO5/c2*1-17-7-5-10-19(23(17)25(27)28)14-29-21-11-6-12-22(13-21)30-15-20-16-31-24(26-20)18-8-3-2-4-9-18/h2*2-5,7-10,16,21-22H,6,11-15H2,1H3,(H,27,28)/t2*21-,22+/m10/s1. The van der Waals surface area contributed by atoms with E-state index in [-0.39, 0.29) is 24.4 Å². The number of carboxylic acids is 2. The molecule has 2 N–H and O–H groups in total. The molecule has 4 atom stereocenters. The van der Waals surface area contributed by atoms with E-state index in [1.165, 1.54) is 0 Å². The number of ether oxygens (including phenoxy) is 4. The zero-order chi connectivity index (χ0) is 43.3. The zero-order valence-electron chi connectivity index (χ0n) is 35.2. The Bertz CT molecular complexity index is 2190. The molecule has 0 radical (unpaired) electrons. The molecule has 0 saturated heterocycles. The van der Waals surface area contributed by atoms with Gasteiger partial charge in [-0.3, -0.25) is 0 Å². The van der Waals surface area contributed by atoms with Crippen LogP contribution in [-0.2, 0) is 45.4 Å². The SMILES string of the molecule is Cc1cccc(CO[C@@H]2CCC[C@H](OCc3coc(-c4ccccc4)n3)C2)c1C(=O)O.Cc1cccc(CO[C@H]2CCC[C@@H](OCc3coc(-c4ccccc4)n3)C2)c1C(=O)O. The minimum atomic E-state index is -0.913. The van der Waals surface area contributed by atoms with Crippen molar-refractivity contribution < 1.29 is 47.6 Å². The molecule has 324 valence electrons. The first-order chi connectivity index (χ1) is 30.2. The van der Waals surface area contributed by atoms with Crippen LogP contribution in [0.3, 0.4) is 0 Å². The largest absolute Gasteiger partial charge is 0.478 e. The second-order valence-corrected chi connectivity index (χ2v) is 15.9. The molecule has 2 saturated carbocycles. The van der Waals surface area contributed by atoms with Crippen molar-refractivity contribution in [1.82, 2.24) is 9.97 Å². The molecule has 8 rings (SSSR count). The van der Waals surface area contributed by atoms with Crippen LogP contribution in [0.15, 0.2) is 118 Å². The molecule has 0 spiro atoms. The van der Waals surface area contributed by atoms with E-state index >= 15 is 0 Å². The van der Waals surface area contributed by atoms with Crippen LogP contribution in [0.2, 0.25) is 0 Å². The van der Waals surface area contributed by atoms with Crippen molar-refractivity contribution in [3.63, 3.8) is 0 Å². The molecule has 4 aromatic carbocycles. The molecule has 0 bridgehead atoms. The Hall–Kier alpha value is -5.92. The summed E-state index contributed by atoms with van der Waals surface area (Å²) >= 11 is 0. The fourth-order valence-electron chi connectivity index (χ4n) is 8.11. The van der Waals surface area contributed by atoms with Crippen LogP contribution in [0.4, 0.5) is 0 Å². The van der Waals surface area contributed by atoms with Crippen molar-refractivity contribution in [1.29, 1.82) is 0 Å². The summed E-state index contributed by atoms with van der Waals surface area (Å²) in [4.78, 5) is 32.2. The Morgan fingerprint density at radius 1 is 0.532 bits per heavy atom. The minimum Gasteiger partial charge on any atom is -0.478 e. The van der Waals surface area contributed by atoms with Gasteiger partial charge in [0, 0.05) is 11.1 Å². The summed E-state index contributed by atoms with van der Waals surface area (Å²) in [5.41, 5.74) is 7.03. The maximum atomic E-state index is 11.6. The normalized spacial score (nSPS) is 18.7. The van der Waals surface area contributed by atoms with Crippen LogP contribution >= 0.6 is 0 Å². The van der Waals surface area contributed by atoms with E-state index in [0.29, 0.717) is 60.5 Å². The molecule has 62 heavy (non-hydrogen) atoms. The van der Waals surface area contributed by atoms with Gasteiger partial charge in [-0.1, -0.05) is 72.8 Å². The van der Waals surface area contributed by atoms with Gasteiger partial charge in [-0.25, -0.2) is 19.6 Å². The molecule has 2 fully saturated rings. The highest BCUT2D eigenvalue weighted by Crippen LogP contribution is 2.29. The first kappa shape index (κ1) is 44.1. The predicted molar refractivity (Wildman–Crippen MR) is 231 cm³/mol. The summed E-state index contributed by atoms with van der Waals surface area (Å²) in [6, 6.07) is 30.6. The van der Waals surface area contributed by atoms with Crippen molar-refractivity contribution >= 4 is 11.9 Å². The number of carboxylic acid groups (broad SMARTS) is 2. The molecular formula is C50H54N2O10. The number of aryl methyl sites for hydroxylation is 2. The van der Waals surface area contributed by atoms with Gasteiger partial charge in [-0.2, -0.15) is 0 Å². The number of oxazole rings is 2. The van der Waals surface area contributed by atoms with Crippen LogP contribution in [0, 0.1) is 13.8 Å². The Kier molecular flexibility index (Phi) is 15.5. The van der Waals surface area contributed by atoms with E-state index in [1.807, 2.05) is 111 Å². The fraction of sp³-hybridized carbons (Fsp3) is 0.360. The maximum Gasteiger partial charge on any atom is 0.336 e. The highest BCUT2D eigenvalue weighted by atomic mass is 16.5. The lowest BCUT2D eigenvalue weighted by Crippen LogP contribution is -2.28. The molecule has 2 aliphatic rings. The Morgan fingerprint density at radius 2 is 0.903 bits per heavy atom. The van der Waals surface area contributed by atoms with Gasteiger partial charge in [0.05, 0.1) is 62.0 Å². The maximum absolute atomic E-state index is 11.6. The van der Waals surface area contributed by atoms with Gasteiger partial charge in [-0.05, 0) is 112 Å². The summed E-state index contributed by atoms with van der Waals surface area (Å²) < 4.78 is 35.5. The first-order valence-electron chi connectivity index (χ1n) is 21.3. The molecule has 0 amide bonds. The molecule has 12 nitrogen and oxygen atoms in total. The smallest absolute Gasteiger partial charge is 0.336 e. The van der Waals surface area contributed by atoms with Gasteiger partial charge < -0.3 is 38.0 Å². The lowest BCUT2D eigenvalue weighted by Gasteiger charge is -2.29. The average Bonchev–Trinajstić information content (AvgIpc) is 3.98. The summed E-state index contributed by atoms with van der Waals surface area (Å²) in [5, 5.41) is 19.0. The van der Waals surface area contributed by atoms with Crippen LogP contribution in [0.1, 0.15) is 106 Å². The lowest BCUT2D eigenvalue weighted by molar-refractivity contribution is -0.0564. The third-order valence-corrected chi connectivity index (χ3v) is 11.3. The number of aromatic nitrogens is 2. The number of hydrogen-bond donors (Lipinski definition) is 2. The average molecular weight is 843 g/mol. The minimum absolute atomic E-state index is 0.0538. The van der Waals surface area contributed by atoms with Gasteiger partial charge in [0.2, 0.25) is 11.8 Å². The van der Waals surface area contributed by atoms with Crippen molar-refractivity contribution in [3.8, 4) is 22.9 Å². The summed E-state index contributed by atoms with van der Waals surface area (Å²) in [5.74, 6) is -0.638. The van der Waals surface area contributed by atoms with Crippen molar-refractivity contribution in [2.45, 2.75) is 116 Å². The Labute approximate surface area is 361 Å². The molecule has 0 aliphatic heterocycles. The monoisotopic (exact) mass is 842 g/mol. The Morgan fingerprint density at radius 3 is 1.27 bits per heavy atom. The van der Waals surface area contributed by atoms with E-state index in [2.05, 4.69) is 9.97 Å². The number of aromatic carboxylic acids is 2. The number of benzene rings is 4. The van der Waals surface area contributed by atoms with E-state index in [1.54, 1.807) is 12.5 Å². The molecule has 6 aromatic rings. The van der Waals surface area contributed by atoms with Crippen molar-refractivity contribution in [3.05, 3.63) is 154 Å². The second kappa shape index (κ2) is 21.7. The summed E-state index contributed by atoms with van der Waals surface area (Å²) in [6.45, 7) is 5.01. The van der Waals surface area contributed by atoms with Crippen LogP contribution in [0.25, 0.3) is 22.9 Å². The number of hydrogen-bond acceptors (Lipinski definition) is 10. The molecule has 0 unspecified atom stereocenters. The lowest BCUT2D eigenvalue weighted by atomic mass is 9.94. The molecule has 2 heterocycles. The van der Waals surface area contributed by atoms with Gasteiger partial charge in [0.1, 0.15) is 23.9 Å². The molecule has 12 heteroatoms. The molecule has 2 aromatic heterocycles. The zero-order valence-corrected chi connectivity index (χ0v) is 35.2. The van der Waals surface area contributed by atoms with Gasteiger partial charge in [0.25, 0.3) is 0 Å². The number of carbonyl (C=O) groups is 2. The van der Waals surface area contributed by atoms with E-state index in [4.69, 9.17) is 27.8 Å². The van der Waals surface area contributed by atoms with Crippen molar-refractivity contribution in [2.75, 3.05) is 0 Å². The van der Waals surface area contributed by atoms with E-state index in [0.717, 1.165) is 85.0 Å². The van der Waals surface area contributed by atoms with Crippen molar-refractivity contribution in [2.24, 2.45) is 0 Å². The topological polar surface area (TPSA) is 164 Å². The number of rotatable bonds is 16. The van der Waals surface area contributed by atoms with Crippen LogP contribution in [-0.4, -0.2) is 56.5 Å². The first-order valence-corrected chi connectivity index (χ1v) is 21.3. The van der Waals surface area contributed by atoms with E-state index in [9.17, 15) is 19.8 Å². The van der Waals surface area contributed by atoms with Gasteiger partial charge in [-0.15, -0.1) is 0 Å². The highest BCUT2D eigenvalue weighted by molar-refractivity contribution is 5.91. The highest BCUT2D eigenvalue weighted by Gasteiger charge is 2.26. The number of nitrogens with zero attached hydrogens (tertiary/aromatic N) is 2. The third kappa shape index (κ3) is 12.1.